The van der Waals surface area contributed by atoms with Gasteiger partial charge in [-0.3, -0.25) is 15.0 Å². The Hall–Kier alpha value is -2.44. The number of hydrogen-bond acceptors (Lipinski definition) is 4. The van der Waals surface area contributed by atoms with Crippen LogP contribution in [0.5, 0.6) is 0 Å². The molecule has 0 spiro atoms. The van der Waals surface area contributed by atoms with Crippen LogP contribution in [0.25, 0.3) is 6.08 Å². The first-order valence-corrected chi connectivity index (χ1v) is 8.75. The van der Waals surface area contributed by atoms with Crippen molar-refractivity contribution in [2.24, 2.45) is 0 Å². The second-order valence-electron chi connectivity index (χ2n) is 5.97. The first kappa shape index (κ1) is 17.4. The quantitative estimate of drug-likeness (QED) is 0.636. The summed E-state index contributed by atoms with van der Waals surface area (Å²) in [6.45, 7) is 3.35. The molecule has 1 aromatic carbocycles. The van der Waals surface area contributed by atoms with E-state index < -0.39 is 0 Å². The number of carbonyl (C=O) groups is 1. The molecule has 2 aromatic rings. The number of nitrogens with zero attached hydrogens (tertiary/aromatic N) is 1. The molecule has 6 heteroatoms. The van der Waals surface area contributed by atoms with E-state index in [0.717, 1.165) is 12.2 Å². The van der Waals surface area contributed by atoms with E-state index >= 15 is 0 Å². The number of thiocarbonyl (C=S) groups is 1. The highest BCUT2D eigenvalue weighted by atomic mass is 32.1. The summed E-state index contributed by atoms with van der Waals surface area (Å²) in [5.74, 6) is 0.308. The van der Waals surface area contributed by atoms with Crippen LogP contribution in [-0.4, -0.2) is 29.0 Å². The fraction of sp³-hybridized carbons (Fsp3) is 0.263. The zero-order chi connectivity index (χ0) is 17.5. The molecule has 0 aliphatic carbocycles. The van der Waals surface area contributed by atoms with Crippen LogP contribution in [0.3, 0.4) is 0 Å². The monoisotopic (exact) mass is 355 g/mol. The van der Waals surface area contributed by atoms with Crippen molar-refractivity contribution in [2.75, 3.05) is 18.4 Å². The van der Waals surface area contributed by atoms with E-state index in [9.17, 15) is 4.79 Å². The zero-order valence-corrected chi connectivity index (χ0v) is 14.7. The van der Waals surface area contributed by atoms with Crippen molar-refractivity contribution in [2.45, 2.75) is 19.4 Å². The Morgan fingerprint density at radius 3 is 2.64 bits per heavy atom. The van der Waals surface area contributed by atoms with Gasteiger partial charge in [0.25, 0.3) is 0 Å². The Kier molecular flexibility index (Phi) is 5.98. The van der Waals surface area contributed by atoms with E-state index in [1.54, 1.807) is 24.5 Å². The van der Waals surface area contributed by atoms with E-state index in [1.807, 2.05) is 12.1 Å². The van der Waals surface area contributed by atoms with E-state index in [1.165, 1.54) is 37.6 Å². The Balaban J connectivity index is 1.46. The highest BCUT2D eigenvalue weighted by Gasteiger charge is 2.11. The molecule has 130 valence electrons. The van der Waals surface area contributed by atoms with Gasteiger partial charge in [-0.15, -0.1) is 0 Å². The largest absolute Gasteiger partial charge is 0.465 e. The number of benzene rings is 1. The van der Waals surface area contributed by atoms with Crippen LogP contribution < -0.4 is 10.6 Å². The van der Waals surface area contributed by atoms with E-state index in [4.69, 9.17) is 16.6 Å². The number of carbonyl (C=O) groups excluding carboxylic acids is 1. The summed E-state index contributed by atoms with van der Waals surface area (Å²) in [5.41, 5.74) is 2.13. The predicted octanol–water partition coefficient (Wildman–Crippen LogP) is 3.40. The van der Waals surface area contributed by atoms with Crippen LogP contribution in [0.2, 0.25) is 0 Å². The van der Waals surface area contributed by atoms with E-state index in [0.29, 0.717) is 5.76 Å². The molecule has 0 radical (unpaired) electrons. The summed E-state index contributed by atoms with van der Waals surface area (Å²) < 4.78 is 5.12. The third kappa shape index (κ3) is 5.55. The molecule has 25 heavy (non-hydrogen) atoms. The lowest BCUT2D eigenvalue weighted by molar-refractivity contribution is -0.115. The van der Waals surface area contributed by atoms with Gasteiger partial charge >= 0.3 is 0 Å². The van der Waals surface area contributed by atoms with Crippen LogP contribution in [0.4, 0.5) is 5.69 Å². The summed E-state index contributed by atoms with van der Waals surface area (Å²) >= 11 is 5.17. The van der Waals surface area contributed by atoms with E-state index in [2.05, 4.69) is 27.7 Å². The van der Waals surface area contributed by atoms with Gasteiger partial charge in [0.1, 0.15) is 5.76 Å². The number of nitrogens with one attached hydrogen (secondary N) is 2. The Bertz CT molecular complexity index is 733. The SMILES string of the molecule is O=C(C=Cc1ccco1)NC(=S)Nc1ccc(CN2CCCC2)cc1. The van der Waals surface area contributed by atoms with Crippen molar-refractivity contribution >= 4 is 35.0 Å². The van der Waals surface area contributed by atoms with E-state index in [-0.39, 0.29) is 11.0 Å². The number of anilines is 1. The minimum absolute atomic E-state index is 0.265. The second kappa shape index (κ2) is 8.60. The Labute approximate surface area is 152 Å². The fourth-order valence-electron chi connectivity index (χ4n) is 2.75. The fourth-order valence-corrected chi connectivity index (χ4v) is 2.97. The Morgan fingerprint density at radius 2 is 1.96 bits per heavy atom. The van der Waals surface area contributed by atoms with Crippen molar-refractivity contribution in [3.8, 4) is 0 Å². The highest BCUT2D eigenvalue weighted by Crippen LogP contribution is 2.15. The minimum atomic E-state index is -0.306. The van der Waals surface area contributed by atoms with Crippen molar-refractivity contribution in [3.05, 3.63) is 60.1 Å². The van der Waals surface area contributed by atoms with Gasteiger partial charge in [-0.1, -0.05) is 12.1 Å². The topological polar surface area (TPSA) is 57.5 Å². The molecule has 2 N–H and O–H groups in total. The molecule has 1 aliphatic rings. The first-order valence-electron chi connectivity index (χ1n) is 8.34. The zero-order valence-electron chi connectivity index (χ0n) is 13.9. The number of rotatable bonds is 5. The first-order chi connectivity index (χ1) is 12.2. The van der Waals surface area contributed by atoms with Gasteiger partial charge in [0.15, 0.2) is 5.11 Å². The average Bonchev–Trinajstić information content (AvgIpc) is 3.28. The van der Waals surface area contributed by atoms with Gasteiger partial charge < -0.3 is 9.73 Å². The molecule has 1 fully saturated rings. The van der Waals surface area contributed by atoms with Crippen molar-refractivity contribution < 1.29 is 9.21 Å². The lowest BCUT2D eigenvalue weighted by atomic mass is 10.2. The lowest BCUT2D eigenvalue weighted by Gasteiger charge is -2.15. The van der Waals surface area contributed by atoms with Crippen LogP contribution in [-0.2, 0) is 11.3 Å². The van der Waals surface area contributed by atoms with Crippen LogP contribution in [0.1, 0.15) is 24.2 Å². The van der Waals surface area contributed by atoms with Gasteiger partial charge in [0, 0.05) is 18.3 Å². The average molecular weight is 355 g/mol. The Morgan fingerprint density at radius 1 is 1.20 bits per heavy atom. The third-order valence-corrected chi connectivity index (χ3v) is 4.20. The standard InChI is InChI=1S/C19H21N3O2S/c23-18(10-9-17-4-3-13-24-17)21-19(25)20-16-7-5-15(6-8-16)14-22-11-1-2-12-22/h3-10,13H,1-2,11-12,14H2,(H2,20,21,23,25). The van der Waals surface area contributed by atoms with Gasteiger partial charge in [-0.25, -0.2) is 0 Å². The minimum Gasteiger partial charge on any atom is -0.465 e. The molecular formula is C19H21N3O2S. The van der Waals surface area contributed by atoms with Gasteiger partial charge in [-0.2, -0.15) is 0 Å². The summed E-state index contributed by atoms with van der Waals surface area (Å²) in [5, 5.41) is 5.89. The molecule has 0 saturated carbocycles. The maximum atomic E-state index is 11.8. The van der Waals surface area contributed by atoms with Crippen molar-refractivity contribution in [3.63, 3.8) is 0 Å². The molecular weight excluding hydrogens is 334 g/mol. The van der Waals surface area contributed by atoms with Crippen molar-refractivity contribution in [1.29, 1.82) is 0 Å². The molecule has 5 nitrogen and oxygen atoms in total. The summed E-state index contributed by atoms with van der Waals surface area (Å²) in [6, 6.07) is 11.6. The number of furan rings is 1. The molecule has 0 bridgehead atoms. The maximum absolute atomic E-state index is 11.8. The van der Waals surface area contributed by atoms with Gasteiger partial charge in [-0.05, 0) is 74.1 Å². The highest BCUT2D eigenvalue weighted by molar-refractivity contribution is 7.80. The number of amides is 1. The second-order valence-corrected chi connectivity index (χ2v) is 6.38. The normalized spacial score (nSPS) is 14.7. The summed E-state index contributed by atoms with van der Waals surface area (Å²) in [6.07, 6.45) is 7.11. The van der Waals surface area contributed by atoms with Crippen LogP contribution in [0.15, 0.2) is 53.2 Å². The maximum Gasteiger partial charge on any atom is 0.250 e. The smallest absolute Gasteiger partial charge is 0.250 e. The summed E-state index contributed by atoms with van der Waals surface area (Å²) in [4.78, 5) is 14.3. The summed E-state index contributed by atoms with van der Waals surface area (Å²) in [7, 11) is 0. The molecule has 3 rings (SSSR count). The third-order valence-electron chi connectivity index (χ3n) is 4.00. The lowest BCUT2D eigenvalue weighted by Crippen LogP contribution is -2.32. The van der Waals surface area contributed by atoms with Gasteiger partial charge in [0.05, 0.1) is 6.26 Å². The van der Waals surface area contributed by atoms with Crippen LogP contribution >= 0.6 is 12.2 Å². The number of likely N-dealkylation sites (tertiary alicyclic amines) is 1. The number of hydrogen-bond donors (Lipinski definition) is 2. The molecule has 1 saturated heterocycles. The molecule has 1 amide bonds. The van der Waals surface area contributed by atoms with Crippen LogP contribution in [0, 0.1) is 0 Å². The molecule has 0 unspecified atom stereocenters. The molecule has 2 heterocycles. The molecule has 1 aromatic heterocycles. The molecule has 1 aliphatic heterocycles. The molecule has 0 atom stereocenters. The van der Waals surface area contributed by atoms with Gasteiger partial charge in [0.2, 0.25) is 5.91 Å². The predicted molar refractivity (Wildman–Crippen MR) is 103 cm³/mol. The van der Waals surface area contributed by atoms with Crippen molar-refractivity contribution in [1.82, 2.24) is 10.2 Å².